The number of nitrogens with one attached hydrogen (secondary N) is 2. The molecule has 0 spiro atoms. The molecule has 1 unspecified atom stereocenters. The number of nitrogens with zero attached hydrogens (tertiary/aromatic N) is 2. The standard InChI is InChI=1S/C13H16N4S/c1-2-3-9-11(16-7-15-9)6-12-13-10(4-5-14-12)17-8-18-13/h2,7-8,12,14H,1,3-6H2,(H,15,16). The van der Waals surface area contributed by atoms with Crippen molar-refractivity contribution < 1.29 is 0 Å². The van der Waals surface area contributed by atoms with E-state index in [0.717, 1.165) is 31.5 Å². The summed E-state index contributed by atoms with van der Waals surface area (Å²) in [5.41, 5.74) is 5.51. The maximum Gasteiger partial charge on any atom is 0.0925 e. The first-order chi connectivity index (χ1) is 8.88. The van der Waals surface area contributed by atoms with Crippen LogP contribution in [0.15, 0.2) is 24.5 Å². The van der Waals surface area contributed by atoms with Gasteiger partial charge in [-0.05, 0) is 0 Å². The van der Waals surface area contributed by atoms with Crippen molar-refractivity contribution in [1.29, 1.82) is 0 Å². The van der Waals surface area contributed by atoms with Crippen LogP contribution >= 0.6 is 11.3 Å². The van der Waals surface area contributed by atoms with Crippen LogP contribution in [0.4, 0.5) is 0 Å². The largest absolute Gasteiger partial charge is 0.348 e. The van der Waals surface area contributed by atoms with Crippen LogP contribution < -0.4 is 5.32 Å². The highest BCUT2D eigenvalue weighted by molar-refractivity contribution is 7.09. The van der Waals surface area contributed by atoms with Crippen molar-refractivity contribution in [3.05, 3.63) is 46.5 Å². The lowest BCUT2D eigenvalue weighted by Crippen LogP contribution is -2.30. The second-order valence-electron chi connectivity index (χ2n) is 4.44. The monoisotopic (exact) mass is 260 g/mol. The summed E-state index contributed by atoms with van der Waals surface area (Å²) in [4.78, 5) is 13.4. The van der Waals surface area contributed by atoms with Crippen molar-refractivity contribution in [3.8, 4) is 0 Å². The SMILES string of the molecule is C=CCc1nc[nH]c1CC1NCCc2ncsc21. The third kappa shape index (κ3) is 2.11. The lowest BCUT2D eigenvalue weighted by Gasteiger charge is -2.22. The molecule has 94 valence electrons. The smallest absolute Gasteiger partial charge is 0.0925 e. The predicted octanol–water partition coefficient (Wildman–Crippen LogP) is 2.02. The quantitative estimate of drug-likeness (QED) is 0.827. The van der Waals surface area contributed by atoms with Gasteiger partial charge in [0.15, 0.2) is 0 Å². The summed E-state index contributed by atoms with van der Waals surface area (Å²) in [6.07, 6.45) is 6.47. The lowest BCUT2D eigenvalue weighted by atomic mass is 10.0. The predicted molar refractivity (Wildman–Crippen MR) is 72.8 cm³/mol. The van der Waals surface area contributed by atoms with E-state index >= 15 is 0 Å². The van der Waals surface area contributed by atoms with E-state index in [1.54, 1.807) is 17.7 Å². The minimum Gasteiger partial charge on any atom is -0.348 e. The lowest BCUT2D eigenvalue weighted by molar-refractivity contribution is 0.502. The van der Waals surface area contributed by atoms with Crippen molar-refractivity contribution in [2.45, 2.75) is 25.3 Å². The topological polar surface area (TPSA) is 53.6 Å². The Labute approximate surface area is 110 Å². The molecule has 0 aliphatic carbocycles. The molecule has 0 radical (unpaired) electrons. The molecule has 0 aromatic carbocycles. The van der Waals surface area contributed by atoms with E-state index in [-0.39, 0.29) is 0 Å². The summed E-state index contributed by atoms with van der Waals surface area (Å²) >= 11 is 1.75. The van der Waals surface area contributed by atoms with E-state index in [4.69, 9.17) is 0 Å². The van der Waals surface area contributed by atoms with Crippen LogP contribution in [0.1, 0.15) is 28.0 Å². The van der Waals surface area contributed by atoms with Gasteiger partial charge >= 0.3 is 0 Å². The van der Waals surface area contributed by atoms with Gasteiger partial charge in [-0.3, -0.25) is 0 Å². The number of hydrogen-bond acceptors (Lipinski definition) is 4. The van der Waals surface area contributed by atoms with E-state index in [0.29, 0.717) is 6.04 Å². The number of rotatable bonds is 4. The third-order valence-corrected chi connectivity index (χ3v) is 4.28. The Bertz CT molecular complexity index is 543. The second kappa shape index (κ2) is 5.04. The Morgan fingerprint density at radius 3 is 3.33 bits per heavy atom. The molecule has 2 aromatic rings. The summed E-state index contributed by atoms with van der Waals surface area (Å²) in [5.74, 6) is 0. The highest BCUT2D eigenvalue weighted by atomic mass is 32.1. The van der Waals surface area contributed by atoms with E-state index in [9.17, 15) is 0 Å². The Kier molecular flexibility index (Phi) is 3.25. The Hall–Kier alpha value is -1.46. The Morgan fingerprint density at radius 1 is 1.50 bits per heavy atom. The van der Waals surface area contributed by atoms with Crippen LogP contribution in [-0.2, 0) is 19.3 Å². The summed E-state index contributed by atoms with van der Waals surface area (Å²) in [6, 6.07) is 0.366. The molecule has 5 heteroatoms. The highest BCUT2D eigenvalue weighted by Gasteiger charge is 2.23. The van der Waals surface area contributed by atoms with Crippen molar-refractivity contribution in [2.75, 3.05) is 6.54 Å². The highest BCUT2D eigenvalue weighted by Crippen LogP contribution is 2.28. The number of imidazole rings is 1. The summed E-state index contributed by atoms with van der Waals surface area (Å²) in [5, 5.41) is 3.57. The van der Waals surface area contributed by atoms with Gasteiger partial charge in [0.05, 0.1) is 23.2 Å². The van der Waals surface area contributed by atoms with Crippen LogP contribution in [-0.4, -0.2) is 21.5 Å². The molecule has 0 amide bonds. The van der Waals surface area contributed by atoms with E-state index in [2.05, 4.69) is 26.8 Å². The first-order valence-corrected chi connectivity index (χ1v) is 7.04. The minimum atomic E-state index is 0.366. The molecule has 0 saturated heterocycles. The van der Waals surface area contributed by atoms with Gasteiger partial charge in [-0.25, -0.2) is 9.97 Å². The molecule has 3 heterocycles. The maximum atomic E-state index is 4.43. The van der Waals surface area contributed by atoms with Crippen LogP contribution in [0.3, 0.4) is 0 Å². The Balaban J connectivity index is 1.81. The summed E-state index contributed by atoms with van der Waals surface area (Å²) < 4.78 is 0. The number of aromatic amines is 1. The molecule has 4 nitrogen and oxygen atoms in total. The van der Waals surface area contributed by atoms with Gasteiger partial charge in [0.25, 0.3) is 0 Å². The number of fused-ring (bicyclic) bond motifs is 1. The molecule has 18 heavy (non-hydrogen) atoms. The fourth-order valence-electron chi connectivity index (χ4n) is 2.41. The van der Waals surface area contributed by atoms with Gasteiger partial charge in [-0.15, -0.1) is 17.9 Å². The molecular weight excluding hydrogens is 244 g/mol. The van der Waals surface area contributed by atoms with Gasteiger partial charge < -0.3 is 10.3 Å². The number of H-pyrrole nitrogens is 1. The summed E-state index contributed by atoms with van der Waals surface area (Å²) in [7, 11) is 0. The third-order valence-electron chi connectivity index (χ3n) is 3.30. The second-order valence-corrected chi connectivity index (χ2v) is 5.33. The first kappa shape index (κ1) is 11.6. The molecule has 3 rings (SSSR count). The minimum absolute atomic E-state index is 0.366. The fraction of sp³-hybridized carbons (Fsp3) is 0.385. The molecule has 1 atom stereocenters. The molecule has 0 saturated carbocycles. The Morgan fingerprint density at radius 2 is 2.44 bits per heavy atom. The van der Waals surface area contributed by atoms with Gasteiger partial charge in [-0.1, -0.05) is 6.08 Å². The van der Waals surface area contributed by atoms with Crippen LogP contribution in [0.2, 0.25) is 0 Å². The molecule has 2 N–H and O–H groups in total. The van der Waals surface area contributed by atoms with Gasteiger partial charge in [0.2, 0.25) is 0 Å². The molecule has 1 aliphatic rings. The summed E-state index contributed by atoms with van der Waals surface area (Å²) in [6.45, 7) is 4.78. The zero-order valence-electron chi connectivity index (χ0n) is 10.1. The van der Waals surface area contributed by atoms with Crippen molar-refractivity contribution in [2.24, 2.45) is 0 Å². The van der Waals surface area contributed by atoms with Crippen LogP contribution in [0, 0.1) is 0 Å². The number of aromatic nitrogens is 3. The van der Waals surface area contributed by atoms with Gasteiger partial charge in [0, 0.05) is 42.4 Å². The van der Waals surface area contributed by atoms with Crippen LogP contribution in [0.25, 0.3) is 0 Å². The molecular formula is C13H16N4S. The fourth-order valence-corrected chi connectivity index (χ4v) is 3.33. The average molecular weight is 260 g/mol. The maximum absolute atomic E-state index is 4.43. The zero-order valence-corrected chi connectivity index (χ0v) is 11.0. The first-order valence-electron chi connectivity index (χ1n) is 6.16. The number of thiazole rings is 1. The average Bonchev–Trinajstić information content (AvgIpc) is 3.00. The van der Waals surface area contributed by atoms with E-state index in [1.165, 1.54) is 16.3 Å². The van der Waals surface area contributed by atoms with Crippen molar-refractivity contribution >= 4 is 11.3 Å². The van der Waals surface area contributed by atoms with Crippen molar-refractivity contribution in [3.63, 3.8) is 0 Å². The molecule has 0 fully saturated rings. The molecule has 1 aliphatic heterocycles. The normalized spacial score (nSPS) is 18.6. The van der Waals surface area contributed by atoms with Crippen molar-refractivity contribution in [1.82, 2.24) is 20.3 Å². The van der Waals surface area contributed by atoms with Gasteiger partial charge in [0.1, 0.15) is 0 Å². The van der Waals surface area contributed by atoms with Crippen LogP contribution in [0.5, 0.6) is 0 Å². The molecule has 2 aromatic heterocycles. The van der Waals surface area contributed by atoms with E-state index in [1.807, 2.05) is 11.6 Å². The number of hydrogen-bond donors (Lipinski definition) is 2. The number of allylic oxidation sites excluding steroid dienone is 1. The van der Waals surface area contributed by atoms with E-state index < -0.39 is 0 Å². The zero-order chi connectivity index (χ0) is 12.4. The van der Waals surface area contributed by atoms with Gasteiger partial charge in [-0.2, -0.15) is 0 Å². The molecule has 0 bridgehead atoms.